The molecule has 0 bridgehead atoms. The molecule has 18 heavy (non-hydrogen) atoms. The summed E-state index contributed by atoms with van der Waals surface area (Å²) in [5.74, 6) is 0.546. The lowest BCUT2D eigenvalue weighted by molar-refractivity contribution is 0.0924. The predicted molar refractivity (Wildman–Crippen MR) is 72.8 cm³/mol. The van der Waals surface area contributed by atoms with Gasteiger partial charge in [-0.15, -0.1) is 0 Å². The Bertz CT molecular complexity index is 597. The highest BCUT2D eigenvalue weighted by Gasteiger charge is 2.25. The van der Waals surface area contributed by atoms with Crippen LogP contribution in [0.5, 0.6) is 0 Å². The van der Waals surface area contributed by atoms with Gasteiger partial charge in [0.05, 0.1) is 5.52 Å². The quantitative estimate of drug-likeness (QED) is 0.743. The van der Waals surface area contributed by atoms with E-state index in [-0.39, 0.29) is 5.92 Å². The first-order valence-corrected chi connectivity index (χ1v) is 6.66. The molecule has 2 nitrogen and oxygen atoms in total. The smallest absolute Gasteiger partial charge is 0.166 e. The van der Waals surface area contributed by atoms with Crippen LogP contribution in [0.25, 0.3) is 10.9 Å². The van der Waals surface area contributed by atoms with Crippen molar-refractivity contribution < 1.29 is 4.79 Å². The van der Waals surface area contributed by atoms with Crippen molar-refractivity contribution in [3.8, 4) is 0 Å². The number of rotatable bonds is 2. The maximum atomic E-state index is 12.6. The van der Waals surface area contributed by atoms with Crippen LogP contribution in [0.4, 0.5) is 0 Å². The highest BCUT2D eigenvalue weighted by Crippen LogP contribution is 2.30. The third kappa shape index (κ3) is 1.92. The van der Waals surface area contributed by atoms with E-state index in [4.69, 9.17) is 0 Å². The topological polar surface area (TPSA) is 30.0 Å². The van der Waals surface area contributed by atoms with E-state index in [0.29, 0.717) is 5.78 Å². The summed E-state index contributed by atoms with van der Waals surface area (Å²) in [6, 6.07) is 9.88. The lowest BCUT2D eigenvalue weighted by Crippen LogP contribution is -2.12. The van der Waals surface area contributed by atoms with Crippen LogP contribution in [0.2, 0.25) is 0 Å². The molecular formula is C16H17NO. The second kappa shape index (κ2) is 4.52. The largest absolute Gasteiger partial charge is 0.294 e. The van der Waals surface area contributed by atoms with Crippen LogP contribution < -0.4 is 0 Å². The number of Topliss-reactive ketones (excluding diaryl/α,β-unsaturated/α-hetero) is 1. The van der Waals surface area contributed by atoms with Crippen molar-refractivity contribution in [2.45, 2.75) is 32.6 Å². The Balaban J connectivity index is 2.12. The molecule has 0 saturated heterocycles. The minimum Gasteiger partial charge on any atom is -0.294 e. The summed E-state index contributed by atoms with van der Waals surface area (Å²) < 4.78 is 0. The van der Waals surface area contributed by atoms with Crippen molar-refractivity contribution in [1.29, 1.82) is 0 Å². The fraction of sp³-hybridized carbons (Fsp3) is 0.375. The third-order valence-corrected chi connectivity index (χ3v) is 3.84. The zero-order valence-corrected chi connectivity index (χ0v) is 10.6. The standard InChI is InChI=1S/C16H17NO/c1-11-10-14(16(18)12-6-2-3-7-12)13-8-4-5-9-15(13)17-11/h4-5,8-10,12H,2-3,6-7H2,1H3. The minimum atomic E-state index is 0.232. The van der Waals surface area contributed by atoms with E-state index in [9.17, 15) is 4.79 Å². The fourth-order valence-corrected chi connectivity index (χ4v) is 2.92. The Labute approximate surface area is 107 Å². The number of pyridine rings is 1. The van der Waals surface area contributed by atoms with Crippen molar-refractivity contribution in [2.75, 3.05) is 0 Å². The molecular weight excluding hydrogens is 222 g/mol. The molecule has 1 aliphatic carbocycles. The van der Waals surface area contributed by atoms with Gasteiger partial charge in [0, 0.05) is 22.6 Å². The molecule has 1 saturated carbocycles. The Morgan fingerprint density at radius 1 is 1.22 bits per heavy atom. The van der Waals surface area contributed by atoms with Crippen molar-refractivity contribution in [2.24, 2.45) is 5.92 Å². The van der Waals surface area contributed by atoms with E-state index in [1.165, 1.54) is 12.8 Å². The van der Waals surface area contributed by atoms with Crippen LogP contribution in [0.15, 0.2) is 30.3 Å². The zero-order chi connectivity index (χ0) is 12.5. The van der Waals surface area contributed by atoms with E-state index in [0.717, 1.165) is 35.0 Å². The van der Waals surface area contributed by atoms with Crippen molar-refractivity contribution in [3.63, 3.8) is 0 Å². The average Bonchev–Trinajstić information content (AvgIpc) is 2.90. The maximum absolute atomic E-state index is 12.6. The van der Waals surface area contributed by atoms with E-state index in [2.05, 4.69) is 4.98 Å². The van der Waals surface area contributed by atoms with Gasteiger partial charge in [-0.3, -0.25) is 9.78 Å². The van der Waals surface area contributed by atoms with Crippen LogP contribution in [-0.2, 0) is 0 Å². The van der Waals surface area contributed by atoms with Crippen LogP contribution in [0, 0.1) is 12.8 Å². The first kappa shape index (κ1) is 11.4. The summed E-state index contributed by atoms with van der Waals surface area (Å²) in [5.41, 5.74) is 2.72. The number of benzene rings is 1. The number of para-hydroxylation sites is 1. The molecule has 1 heterocycles. The van der Waals surface area contributed by atoms with Crippen LogP contribution >= 0.6 is 0 Å². The van der Waals surface area contributed by atoms with Gasteiger partial charge in [-0.25, -0.2) is 0 Å². The third-order valence-electron chi connectivity index (χ3n) is 3.84. The first-order chi connectivity index (χ1) is 8.75. The second-order valence-corrected chi connectivity index (χ2v) is 5.17. The number of carbonyl (C=O) groups excluding carboxylic acids is 1. The van der Waals surface area contributed by atoms with Crippen LogP contribution in [0.3, 0.4) is 0 Å². The molecule has 1 aliphatic rings. The lowest BCUT2D eigenvalue weighted by Gasteiger charge is -2.11. The molecule has 0 spiro atoms. The number of ketones is 1. The van der Waals surface area contributed by atoms with Gasteiger partial charge in [0.15, 0.2) is 5.78 Å². The van der Waals surface area contributed by atoms with Crippen molar-refractivity contribution in [3.05, 3.63) is 41.6 Å². The van der Waals surface area contributed by atoms with E-state index in [1.54, 1.807) is 0 Å². The molecule has 1 aromatic heterocycles. The SMILES string of the molecule is Cc1cc(C(=O)C2CCCC2)c2ccccc2n1. The van der Waals surface area contributed by atoms with Gasteiger partial charge in [0.1, 0.15) is 0 Å². The maximum Gasteiger partial charge on any atom is 0.166 e. The fourth-order valence-electron chi connectivity index (χ4n) is 2.92. The molecule has 0 atom stereocenters. The number of fused-ring (bicyclic) bond motifs is 1. The molecule has 3 rings (SSSR count). The van der Waals surface area contributed by atoms with Gasteiger partial charge in [-0.2, -0.15) is 0 Å². The number of hydrogen-bond donors (Lipinski definition) is 0. The molecule has 0 unspecified atom stereocenters. The van der Waals surface area contributed by atoms with Crippen molar-refractivity contribution >= 4 is 16.7 Å². The molecule has 0 radical (unpaired) electrons. The van der Waals surface area contributed by atoms with Crippen LogP contribution in [-0.4, -0.2) is 10.8 Å². The number of carbonyl (C=O) groups is 1. The highest BCUT2D eigenvalue weighted by atomic mass is 16.1. The molecule has 0 N–H and O–H groups in total. The number of aryl methyl sites for hydroxylation is 1. The van der Waals surface area contributed by atoms with Gasteiger partial charge in [-0.05, 0) is 31.9 Å². The highest BCUT2D eigenvalue weighted by molar-refractivity contribution is 6.08. The summed E-state index contributed by atoms with van der Waals surface area (Å²) in [7, 11) is 0. The molecule has 2 aromatic rings. The summed E-state index contributed by atoms with van der Waals surface area (Å²) >= 11 is 0. The van der Waals surface area contributed by atoms with Gasteiger partial charge in [0.2, 0.25) is 0 Å². The monoisotopic (exact) mass is 239 g/mol. The van der Waals surface area contributed by atoms with Gasteiger partial charge in [-0.1, -0.05) is 31.0 Å². The van der Waals surface area contributed by atoms with Gasteiger partial charge in [0.25, 0.3) is 0 Å². The molecule has 0 amide bonds. The van der Waals surface area contributed by atoms with Gasteiger partial charge >= 0.3 is 0 Å². The lowest BCUT2D eigenvalue weighted by atomic mass is 9.93. The summed E-state index contributed by atoms with van der Waals surface area (Å²) in [4.78, 5) is 17.1. The van der Waals surface area contributed by atoms with E-state index >= 15 is 0 Å². The number of nitrogens with zero attached hydrogens (tertiary/aromatic N) is 1. The first-order valence-electron chi connectivity index (χ1n) is 6.66. The van der Waals surface area contributed by atoms with Crippen molar-refractivity contribution in [1.82, 2.24) is 4.98 Å². The number of hydrogen-bond acceptors (Lipinski definition) is 2. The Kier molecular flexibility index (Phi) is 2.86. The summed E-state index contributed by atoms with van der Waals surface area (Å²) in [5, 5.41) is 1.00. The van der Waals surface area contributed by atoms with E-state index in [1.807, 2.05) is 37.3 Å². The second-order valence-electron chi connectivity index (χ2n) is 5.17. The zero-order valence-electron chi connectivity index (χ0n) is 10.6. The predicted octanol–water partition coefficient (Wildman–Crippen LogP) is 3.92. The Morgan fingerprint density at radius 3 is 2.72 bits per heavy atom. The average molecular weight is 239 g/mol. The van der Waals surface area contributed by atoms with Gasteiger partial charge < -0.3 is 0 Å². The molecule has 2 heteroatoms. The van der Waals surface area contributed by atoms with E-state index < -0.39 is 0 Å². The summed E-state index contributed by atoms with van der Waals surface area (Å²) in [6.07, 6.45) is 4.49. The molecule has 1 fully saturated rings. The van der Waals surface area contributed by atoms with Crippen LogP contribution in [0.1, 0.15) is 41.7 Å². The minimum absolute atomic E-state index is 0.232. The molecule has 92 valence electrons. The Hall–Kier alpha value is -1.70. The Morgan fingerprint density at radius 2 is 1.94 bits per heavy atom. The normalized spacial score (nSPS) is 16.3. The summed E-state index contributed by atoms with van der Waals surface area (Å²) in [6.45, 7) is 1.96. The molecule has 1 aromatic carbocycles. The number of aromatic nitrogens is 1. The molecule has 0 aliphatic heterocycles.